The molecule has 0 aromatic heterocycles. The van der Waals surface area contributed by atoms with E-state index in [9.17, 15) is 0 Å². The van der Waals surface area contributed by atoms with E-state index in [0.29, 0.717) is 17.1 Å². The topological polar surface area (TPSA) is 89.8 Å². The molecule has 18 heavy (non-hydrogen) atoms. The van der Waals surface area contributed by atoms with Crippen molar-refractivity contribution in [3.05, 3.63) is 29.3 Å². The lowest BCUT2D eigenvalue weighted by molar-refractivity contribution is 0.365. The van der Waals surface area contributed by atoms with Crippen LogP contribution in [0.25, 0.3) is 6.08 Å². The first kappa shape index (κ1) is 13.1. The molecule has 0 aliphatic carbocycles. The zero-order valence-electron chi connectivity index (χ0n) is 9.67. The van der Waals surface area contributed by atoms with Crippen LogP contribution in [0.3, 0.4) is 0 Å². The molecule has 0 bridgehead atoms. The summed E-state index contributed by atoms with van der Waals surface area (Å²) in [5.41, 5.74) is 0.466. The third kappa shape index (κ3) is 3.27. The molecule has 5 nitrogen and oxygen atoms in total. The van der Waals surface area contributed by atoms with E-state index in [-0.39, 0.29) is 12.2 Å². The Labute approximate surface area is 105 Å². The Hall–Kier alpha value is -2.97. The molecular formula is C13H9N3O2. The van der Waals surface area contributed by atoms with Crippen LogP contribution in [-0.4, -0.2) is 13.7 Å². The Morgan fingerprint density at radius 1 is 1.28 bits per heavy atom. The molecular weight excluding hydrogens is 230 g/mol. The van der Waals surface area contributed by atoms with Crippen LogP contribution in [0.2, 0.25) is 0 Å². The summed E-state index contributed by atoms with van der Waals surface area (Å²) in [5, 5.41) is 25.9. The van der Waals surface area contributed by atoms with Crippen LogP contribution in [-0.2, 0) is 0 Å². The van der Waals surface area contributed by atoms with Gasteiger partial charge >= 0.3 is 0 Å². The van der Waals surface area contributed by atoms with E-state index < -0.39 is 0 Å². The van der Waals surface area contributed by atoms with Gasteiger partial charge in [-0.25, -0.2) is 0 Å². The number of rotatable bonds is 4. The quantitative estimate of drug-likeness (QED) is 0.750. The van der Waals surface area contributed by atoms with E-state index >= 15 is 0 Å². The normalized spacial score (nSPS) is 8.33. The molecule has 0 aliphatic rings. The minimum absolute atomic E-state index is 0.0509. The van der Waals surface area contributed by atoms with Crippen LogP contribution < -0.4 is 9.47 Å². The first-order valence-electron chi connectivity index (χ1n) is 4.94. The van der Waals surface area contributed by atoms with Gasteiger partial charge in [0.1, 0.15) is 35.3 Å². The van der Waals surface area contributed by atoms with Crippen LogP contribution in [0.15, 0.2) is 23.8 Å². The van der Waals surface area contributed by atoms with E-state index in [1.54, 1.807) is 30.3 Å². The fourth-order valence-electron chi connectivity index (χ4n) is 1.25. The smallest absolute Gasteiger partial charge is 0.174 e. The van der Waals surface area contributed by atoms with Crippen molar-refractivity contribution in [1.82, 2.24) is 0 Å². The maximum Gasteiger partial charge on any atom is 0.174 e. The summed E-state index contributed by atoms with van der Waals surface area (Å²) in [6.45, 7) is -0.110. The largest absolute Gasteiger partial charge is 0.497 e. The minimum Gasteiger partial charge on any atom is -0.497 e. The second-order valence-electron chi connectivity index (χ2n) is 3.13. The number of nitrogens with zero attached hydrogens (tertiary/aromatic N) is 3. The van der Waals surface area contributed by atoms with Crippen molar-refractivity contribution in [2.45, 2.75) is 0 Å². The van der Waals surface area contributed by atoms with Gasteiger partial charge in [-0.3, -0.25) is 0 Å². The first-order valence-corrected chi connectivity index (χ1v) is 4.94. The first-order chi connectivity index (χ1) is 8.74. The van der Waals surface area contributed by atoms with Gasteiger partial charge in [-0.1, -0.05) is 0 Å². The molecule has 0 fully saturated rings. The lowest BCUT2D eigenvalue weighted by Gasteiger charge is -2.08. The van der Waals surface area contributed by atoms with E-state index in [2.05, 4.69) is 0 Å². The van der Waals surface area contributed by atoms with E-state index in [4.69, 9.17) is 25.3 Å². The molecule has 0 aliphatic heterocycles. The molecule has 0 spiro atoms. The van der Waals surface area contributed by atoms with Crippen LogP contribution in [0.4, 0.5) is 0 Å². The highest BCUT2D eigenvalue weighted by molar-refractivity contribution is 5.67. The van der Waals surface area contributed by atoms with Crippen molar-refractivity contribution in [1.29, 1.82) is 15.8 Å². The molecule has 0 saturated carbocycles. The van der Waals surface area contributed by atoms with Crippen molar-refractivity contribution in [3.63, 3.8) is 0 Å². The predicted molar refractivity (Wildman–Crippen MR) is 63.3 cm³/mol. The number of benzene rings is 1. The van der Waals surface area contributed by atoms with Crippen LogP contribution in [0, 0.1) is 34.0 Å². The van der Waals surface area contributed by atoms with Crippen molar-refractivity contribution in [3.8, 4) is 29.7 Å². The van der Waals surface area contributed by atoms with E-state index in [0.717, 1.165) is 0 Å². The summed E-state index contributed by atoms with van der Waals surface area (Å²) in [6, 6.07) is 10.3. The second-order valence-corrected chi connectivity index (χ2v) is 3.13. The Morgan fingerprint density at radius 2 is 2.00 bits per heavy atom. The molecule has 1 aromatic carbocycles. The Bertz CT molecular complexity index is 570. The lowest BCUT2D eigenvalue weighted by atomic mass is 10.1. The SMILES string of the molecule is COc1ccc(OCC#N)c(C=C(C#N)C#N)c1. The maximum atomic E-state index is 8.72. The van der Waals surface area contributed by atoms with Gasteiger partial charge in [0, 0.05) is 5.56 Å². The zero-order chi connectivity index (χ0) is 13.4. The summed E-state index contributed by atoms with van der Waals surface area (Å²) in [5.74, 6) is 0.987. The maximum absolute atomic E-state index is 8.72. The van der Waals surface area contributed by atoms with E-state index in [1.165, 1.54) is 13.2 Å². The molecule has 0 radical (unpaired) electrons. The summed E-state index contributed by atoms with van der Waals surface area (Å²) in [4.78, 5) is 0. The van der Waals surface area contributed by atoms with Crippen molar-refractivity contribution in [2.24, 2.45) is 0 Å². The van der Waals surface area contributed by atoms with Crippen LogP contribution in [0.1, 0.15) is 5.56 Å². The number of hydrogen-bond acceptors (Lipinski definition) is 5. The summed E-state index contributed by atoms with van der Waals surface area (Å²) >= 11 is 0. The van der Waals surface area contributed by atoms with Crippen molar-refractivity contribution >= 4 is 6.08 Å². The van der Waals surface area contributed by atoms with Gasteiger partial charge in [0.15, 0.2) is 6.61 Å². The number of allylic oxidation sites excluding steroid dienone is 1. The zero-order valence-corrected chi connectivity index (χ0v) is 9.67. The fourth-order valence-corrected chi connectivity index (χ4v) is 1.25. The van der Waals surface area contributed by atoms with Gasteiger partial charge in [-0.05, 0) is 24.3 Å². The molecule has 1 rings (SSSR count). The monoisotopic (exact) mass is 239 g/mol. The third-order valence-corrected chi connectivity index (χ3v) is 2.05. The average molecular weight is 239 g/mol. The van der Waals surface area contributed by atoms with E-state index in [1.807, 2.05) is 6.07 Å². The number of hydrogen-bond donors (Lipinski definition) is 0. The molecule has 0 amide bonds. The second kappa shape index (κ2) is 6.58. The van der Waals surface area contributed by atoms with Gasteiger partial charge in [0.25, 0.3) is 0 Å². The summed E-state index contributed by atoms with van der Waals surface area (Å²) < 4.78 is 10.2. The fraction of sp³-hybridized carbons (Fsp3) is 0.154. The minimum atomic E-state index is -0.110. The van der Waals surface area contributed by atoms with Crippen molar-refractivity contribution in [2.75, 3.05) is 13.7 Å². The molecule has 0 heterocycles. The summed E-state index contributed by atoms with van der Waals surface area (Å²) in [6.07, 6.45) is 1.38. The highest BCUT2D eigenvalue weighted by atomic mass is 16.5. The molecule has 5 heteroatoms. The number of methoxy groups -OCH3 is 1. The lowest BCUT2D eigenvalue weighted by Crippen LogP contribution is -1.96. The third-order valence-electron chi connectivity index (χ3n) is 2.05. The van der Waals surface area contributed by atoms with Gasteiger partial charge in [-0.15, -0.1) is 0 Å². The van der Waals surface area contributed by atoms with Gasteiger partial charge in [-0.2, -0.15) is 15.8 Å². The molecule has 0 atom stereocenters. The van der Waals surface area contributed by atoms with Crippen molar-refractivity contribution < 1.29 is 9.47 Å². The molecule has 88 valence electrons. The van der Waals surface area contributed by atoms with Gasteiger partial charge < -0.3 is 9.47 Å². The highest BCUT2D eigenvalue weighted by Crippen LogP contribution is 2.26. The highest BCUT2D eigenvalue weighted by Gasteiger charge is 2.05. The average Bonchev–Trinajstić information content (AvgIpc) is 2.42. The molecule has 0 N–H and O–H groups in total. The number of nitriles is 3. The molecule has 0 unspecified atom stereocenters. The number of ether oxygens (including phenoxy) is 2. The van der Waals surface area contributed by atoms with Gasteiger partial charge in [0.2, 0.25) is 0 Å². The standard InChI is InChI=1S/C13H9N3O2/c1-17-12-2-3-13(18-5-4-14)11(7-12)6-10(8-15)9-16/h2-3,6-7H,5H2,1H3. The Kier molecular flexibility index (Phi) is 4.79. The Morgan fingerprint density at radius 3 is 2.56 bits per heavy atom. The molecule has 0 saturated heterocycles. The summed E-state index contributed by atoms with van der Waals surface area (Å²) in [7, 11) is 1.51. The molecule has 1 aromatic rings. The Balaban J connectivity index is 3.21. The van der Waals surface area contributed by atoms with Crippen LogP contribution in [0.5, 0.6) is 11.5 Å². The van der Waals surface area contributed by atoms with Crippen LogP contribution >= 0.6 is 0 Å². The predicted octanol–water partition coefficient (Wildman–Crippen LogP) is 2.03. The van der Waals surface area contributed by atoms with Gasteiger partial charge in [0.05, 0.1) is 7.11 Å².